The number of hydrogen-bond acceptors (Lipinski definition) is 5. The minimum absolute atomic E-state index is 0.114. The quantitative estimate of drug-likeness (QED) is 0.929. The standard InChI is InChI=1S/C13H16F2N4O2S/c1-12(2,3)21-11(20)18-8-7-17-19(9(8)13(4,14)15)10-16-5-6-22-10/h5-7H,1-4H3,(H,18,20). The molecule has 2 rings (SSSR count). The third-order valence-electron chi connectivity index (χ3n) is 2.42. The van der Waals surface area contributed by atoms with Crippen molar-refractivity contribution in [3.05, 3.63) is 23.5 Å². The summed E-state index contributed by atoms with van der Waals surface area (Å²) in [5, 5.41) is 8.13. The third-order valence-corrected chi connectivity index (χ3v) is 3.17. The first-order chi connectivity index (χ1) is 10.1. The Labute approximate surface area is 130 Å². The fourth-order valence-corrected chi connectivity index (χ4v) is 2.34. The van der Waals surface area contributed by atoms with Crippen LogP contribution in [0.25, 0.3) is 5.13 Å². The number of carbonyl (C=O) groups excluding carboxylic acids is 1. The lowest BCUT2D eigenvalue weighted by Crippen LogP contribution is -2.28. The molecule has 0 fully saturated rings. The van der Waals surface area contributed by atoms with Crippen molar-refractivity contribution in [2.24, 2.45) is 0 Å². The summed E-state index contributed by atoms with van der Waals surface area (Å²) < 4.78 is 33.9. The number of aromatic nitrogens is 3. The number of ether oxygens (including phenoxy) is 1. The number of halogens is 2. The molecular weight excluding hydrogens is 314 g/mol. The van der Waals surface area contributed by atoms with E-state index in [4.69, 9.17) is 4.74 Å². The van der Waals surface area contributed by atoms with Crippen molar-refractivity contribution in [3.63, 3.8) is 0 Å². The van der Waals surface area contributed by atoms with Crippen LogP contribution in [0.2, 0.25) is 0 Å². The van der Waals surface area contributed by atoms with E-state index >= 15 is 0 Å². The lowest BCUT2D eigenvalue weighted by Gasteiger charge is -2.20. The van der Waals surface area contributed by atoms with Gasteiger partial charge in [0.1, 0.15) is 11.3 Å². The third kappa shape index (κ3) is 3.79. The SMILES string of the molecule is CC(C)(C)OC(=O)Nc1cnn(-c2nccs2)c1C(C)(F)F. The molecule has 1 N–H and O–H groups in total. The number of anilines is 1. The summed E-state index contributed by atoms with van der Waals surface area (Å²) in [6, 6.07) is 0. The summed E-state index contributed by atoms with van der Waals surface area (Å²) in [7, 11) is 0. The molecule has 0 aromatic carbocycles. The van der Waals surface area contributed by atoms with Crippen molar-refractivity contribution in [1.82, 2.24) is 14.8 Å². The maximum absolute atomic E-state index is 13.9. The molecule has 120 valence electrons. The van der Waals surface area contributed by atoms with E-state index in [2.05, 4.69) is 15.4 Å². The van der Waals surface area contributed by atoms with Crippen LogP contribution in [0.15, 0.2) is 17.8 Å². The molecule has 6 nitrogen and oxygen atoms in total. The van der Waals surface area contributed by atoms with Crippen molar-refractivity contribution in [2.75, 3.05) is 5.32 Å². The number of thiazole rings is 1. The van der Waals surface area contributed by atoms with Gasteiger partial charge in [-0.15, -0.1) is 11.3 Å². The molecule has 0 aliphatic carbocycles. The van der Waals surface area contributed by atoms with Gasteiger partial charge in [-0.1, -0.05) is 0 Å². The second kappa shape index (κ2) is 5.64. The van der Waals surface area contributed by atoms with E-state index in [-0.39, 0.29) is 10.8 Å². The average Bonchev–Trinajstić information content (AvgIpc) is 2.91. The van der Waals surface area contributed by atoms with Gasteiger partial charge >= 0.3 is 6.09 Å². The lowest BCUT2D eigenvalue weighted by molar-refractivity contribution is 0.0110. The van der Waals surface area contributed by atoms with Gasteiger partial charge in [-0.2, -0.15) is 13.9 Å². The zero-order chi connectivity index (χ0) is 16.5. The molecule has 0 bridgehead atoms. The molecule has 0 aliphatic rings. The number of carbonyl (C=O) groups is 1. The van der Waals surface area contributed by atoms with Crippen LogP contribution in [0.5, 0.6) is 0 Å². The summed E-state index contributed by atoms with van der Waals surface area (Å²) in [6.07, 6.45) is 1.81. The minimum atomic E-state index is -3.22. The first kappa shape index (κ1) is 16.3. The van der Waals surface area contributed by atoms with Crippen molar-refractivity contribution in [1.29, 1.82) is 0 Å². The molecule has 0 spiro atoms. The molecule has 2 aromatic rings. The normalized spacial score (nSPS) is 12.3. The minimum Gasteiger partial charge on any atom is -0.444 e. The fourth-order valence-electron chi connectivity index (χ4n) is 1.74. The molecule has 22 heavy (non-hydrogen) atoms. The highest BCUT2D eigenvalue weighted by atomic mass is 32.1. The Morgan fingerprint density at radius 1 is 1.36 bits per heavy atom. The molecule has 0 aliphatic heterocycles. The molecule has 0 unspecified atom stereocenters. The molecule has 0 atom stereocenters. The zero-order valence-electron chi connectivity index (χ0n) is 12.6. The first-order valence-corrected chi connectivity index (χ1v) is 7.32. The van der Waals surface area contributed by atoms with E-state index in [1.54, 1.807) is 26.2 Å². The predicted molar refractivity (Wildman–Crippen MR) is 78.7 cm³/mol. The molecule has 0 saturated carbocycles. The maximum Gasteiger partial charge on any atom is 0.412 e. The first-order valence-electron chi connectivity index (χ1n) is 6.44. The summed E-state index contributed by atoms with van der Waals surface area (Å²) in [4.78, 5) is 15.7. The molecular formula is C13H16F2N4O2S. The van der Waals surface area contributed by atoms with E-state index in [1.807, 2.05) is 0 Å². The Hall–Kier alpha value is -2.03. The van der Waals surface area contributed by atoms with E-state index in [9.17, 15) is 13.6 Å². The van der Waals surface area contributed by atoms with E-state index in [1.165, 1.54) is 6.20 Å². The van der Waals surface area contributed by atoms with Crippen molar-refractivity contribution < 1.29 is 18.3 Å². The van der Waals surface area contributed by atoms with Crippen molar-refractivity contribution >= 4 is 23.1 Å². The Kier molecular flexibility index (Phi) is 4.19. The van der Waals surface area contributed by atoms with E-state index in [0.717, 1.165) is 29.1 Å². The van der Waals surface area contributed by atoms with Gasteiger partial charge in [-0.05, 0) is 20.8 Å². The number of rotatable bonds is 3. The summed E-state index contributed by atoms with van der Waals surface area (Å²) in [5.41, 5.74) is -1.30. The largest absolute Gasteiger partial charge is 0.444 e. The number of amides is 1. The van der Waals surface area contributed by atoms with Crippen LogP contribution in [-0.2, 0) is 10.7 Å². The van der Waals surface area contributed by atoms with E-state index < -0.39 is 23.3 Å². The molecule has 2 heterocycles. The molecule has 0 radical (unpaired) electrons. The van der Waals surface area contributed by atoms with Gasteiger partial charge < -0.3 is 4.74 Å². The molecule has 1 amide bonds. The number of nitrogens with zero attached hydrogens (tertiary/aromatic N) is 3. The van der Waals surface area contributed by atoms with Crippen molar-refractivity contribution in [2.45, 2.75) is 39.2 Å². The summed E-state index contributed by atoms with van der Waals surface area (Å²) >= 11 is 1.16. The molecule has 0 saturated heterocycles. The van der Waals surface area contributed by atoms with E-state index in [0.29, 0.717) is 0 Å². The van der Waals surface area contributed by atoms with Gasteiger partial charge in [-0.25, -0.2) is 14.5 Å². The topological polar surface area (TPSA) is 69.0 Å². The maximum atomic E-state index is 13.9. The molecule has 2 aromatic heterocycles. The van der Waals surface area contributed by atoms with Crippen molar-refractivity contribution in [3.8, 4) is 5.13 Å². The highest BCUT2D eigenvalue weighted by molar-refractivity contribution is 7.12. The fraction of sp³-hybridized carbons (Fsp3) is 0.462. The van der Waals surface area contributed by atoms with Gasteiger partial charge in [-0.3, -0.25) is 5.32 Å². The van der Waals surface area contributed by atoms with Crippen LogP contribution in [0.4, 0.5) is 19.3 Å². The Morgan fingerprint density at radius 3 is 2.55 bits per heavy atom. The Morgan fingerprint density at radius 2 is 2.05 bits per heavy atom. The van der Waals surface area contributed by atoms with Gasteiger partial charge in [0.15, 0.2) is 0 Å². The summed E-state index contributed by atoms with van der Waals surface area (Å²) in [5.74, 6) is -3.22. The second-order valence-corrected chi connectivity index (χ2v) is 6.52. The van der Waals surface area contributed by atoms with Crippen LogP contribution in [0.1, 0.15) is 33.4 Å². The lowest BCUT2D eigenvalue weighted by atomic mass is 10.2. The monoisotopic (exact) mass is 330 g/mol. The Bertz CT molecular complexity index is 657. The van der Waals surface area contributed by atoms with Gasteiger partial charge in [0.05, 0.1) is 11.9 Å². The van der Waals surface area contributed by atoms with Gasteiger partial charge in [0, 0.05) is 18.5 Å². The smallest absolute Gasteiger partial charge is 0.412 e. The van der Waals surface area contributed by atoms with Crippen LogP contribution >= 0.6 is 11.3 Å². The number of alkyl halides is 2. The molecule has 9 heteroatoms. The average molecular weight is 330 g/mol. The predicted octanol–water partition coefficient (Wildman–Crippen LogP) is 3.79. The second-order valence-electron chi connectivity index (χ2n) is 5.65. The van der Waals surface area contributed by atoms with Crippen LogP contribution < -0.4 is 5.32 Å². The van der Waals surface area contributed by atoms with Gasteiger partial charge in [0.25, 0.3) is 5.92 Å². The zero-order valence-corrected chi connectivity index (χ0v) is 13.4. The highest BCUT2D eigenvalue weighted by Crippen LogP contribution is 2.35. The van der Waals surface area contributed by atoms with Crippen LogP contribution in [0, 0.1) is 0 Å². The Balaban J connectivity index is 2.35. The van der Waals surface area contributed by atoms with Crippen LogP contribution in [0.3, 0.4) is 0 Å². The summed E-state index contributed by atoms with van der Waals surface area (Å²) in [6.45, 7) is 5.77. The van der Waals surface area contributed by atoms with Crippen LogP contribution in [-0.4, -0.2) is 26.5 Å². The highest BCUT2D eigenvalue weighted by Gasteiger charge is 2.35. The number of nitrogens with one attached hydrogen (secondary N) is 1. The van der Waals surface area contributed by atoms with Gasteiger partial charge in [0.2, 0.25) is 5.13 Å². The number of hydrogen-bond donors (Lipinski definition) is 1.